The first-order valence-corrected chi connectivity index (χ1v) is 5.19. The molecule has 0 heterocycles. The van der Waals surface area contributed by atoms with Gasteiger partial charge in [-0.2, -0.15) is 0 Å². The van der Waals surface area contributed by atoms with Crippen molar-refractivity contribution in [3.63, 3.8) is 0 Å². The topological polar surface area (TPSA) is 0 Å². The van der Waals surface area contributed by atoms with Crippen molar-refractivity contribution in [2.45, 2.75) is 45.9 Å². The highest BCUT2D eigenvalue weighted by atomic mass is 35.5. The van der Waals surface area contributed by atoms with E-state index >= 15 is 0 Å². The van der Waals surface area contributed by atoms with Crippen LogP contribution in [0.5, 0.6) is 0 Å². The third-order valence-corrected chi connectivity index (χ3v) is 3.81. The molecule has 0 aromatic carbocycles. The summed E-state index contributed by atoms with van der Waals surface area (Å²) in [7, 11) is 0. The molecule has 0 fully saturated rings. The Labute approximate surface area is 86.7 Å². The van der Waals surface area contributed by atoms with Crippen molar-refractivity contribution >= 4 is 11.6 Å². The van der Waals surface area contributed by atoms with Gasteiger partial charge in [-0.1, -0.05) is 37.1 Å². The van der Waals surface area contributed by atoms with Gasteiger partial charge in [0.2, 0.25) is 0 Å². The molecule has 0 amide bonds. The first-order chi connectivity index (χ1) is 5.75. The lowest BCUT2D eigenvalue weighted by Crippen LogP contribution is -2.35. The molecule has 0 aliphatic heterocycles. The summed E-state index contributed by atoms with van der Waals surface area (Å²) in [4.78, 5) is -0.183. The van der Waals surface area contributed by atoms with Crippen LogP contribution in [0, 0.1) is 5.41 Å². The van der Waals surface area contributed by atoms with Gasteiger partial charge in [-0.3, -0.25) is 0 Å². The van der Waals surface area contributed by atoms with Gasteiger partial charge in [0.05, 0.1) is 0 Å². The van der Waals surface area contributed by atoms with Crippen LogP contribution in [-0.4, -0.2) is 4.87 Å². The van der Waals surface area contributed by atoms with Gasteiger partial charge in [-0.25, -0.2) is 0 Å². The number of hydrogen-bond acceptors (Lipinski definition) is 0. The lowest BCUT2D eigenvalue weighted by atomic mass is 9.73. The van der Waals surface area contributed by atoms with E-state index in [1.165, 1.54) is 11.1 Å². The van der Waals surface area contributed by atoms with Crippen LogP contribution in [0.3, 0.4) is 0 Å². The Hall–Kier alpha value is -0.230. The molecule has 0 saturated heterocycles. The van der Waals surface area contributed by atoms with Crippen LogP contribution in [0.4, 0.5) is 0 Å². The minimum Gasteiger partial charge on any atom is -0.119 e. The van der Waals surface area contributed by atoms with Gasteiger partial charge in [0.1, 0.15) is 0 Å². The zero-order valence-electron chi connectivity index (χ0n) is 9.24. The largest absolute Gasteiger partial charge is 0.119 e. The maximum Gasteiger partial charge on any atom is 0.0478 e. The molecule has 0 saturated carbocycles. The molecule has 1 aliphatic carbocycles. The van der Waals surface area contributed by atoms with Crippen molar-refractivity contribution in [3.8, 4) is 0 Å². The highest BCUT2D eigenvalue weighted by Gasteiger charge is 2.38. The average molecular weight is 199 g/mol. The predicted octanol–water partition coefficient (Wildman–Crippen LogP) is 4.31. The first kappa shape index (κ1) is 10.8. The van der Waals surface area contributed by atoms with Crippen molar-refractivity contribution in [2.24, 2.45) is 5.41 Å². The summed E-state index contributed by atoms with van der Waals surface area (Å²) in [5, 5.41) is 0. The van der Waals surface area contributed by atoms with Crippen LogP contribution in [0.25, 0.3) is 0 Å². The van der Waals surface area contributed by atoms with Crippen molar-refractivity contribution in [2.75, 3.05) is 0 Å². The summed E-state index contributed by atoms with van der Waals surface area (Å²) in [5.41, 5.74) is 2.89. The minimum atomic E-state index is -0.183. The van der Waals surface area contributed by atoms with Gasteiger partial charge < -0.3 is 0 Å². The first-order valence-electron chi connectivity index (χ1n) is 4.82. The fraction of sp³-hybridized carbons (Fsp3) is 0.667. The molecule has 0 atom stereocenters. The van der Waals surface area contributed by atoms with E-state index in [0.717, 1.165) is 6.42 Å². The molecule has 1 aliphatic rings. The Kier molecular flexibility index (Phi) is 2.64. The second-order valence-electron chi connectivity index (χ2n) is 4.92. The molecule has 74 valence electrons. The van der Waals surface area contributed by atoms with Gasteiger partial charge in [0, 0.05) is 10.3 Å². The predicted molar refractivity (Wildman–Crippen MR) is 60.2 cm³/mol. The van der Waals surface area contributed by atoms with Crippen molar-refractivity contribution < 1.29 is 0 Å². The lowest BCUT2D eigenvalue weighted by molar-refractivity contribution is 0.335. The molecule has 1 heteroatoms. The highest BCUT2D eigenvalue weighted by Crippen LogP contribution is 2.45. The van der Waals surface area contributed by atoms with E-state index in [2.05, 4.69) is 46.8 Å². The number of alkyl halides is 1. The molecule has 0 aromatic heterocycles. The third kappa shape index (κ3) is 1.99. The summed E-state index contributed by atoms with van der Waals surface area (Å²) in [6.07, 6.45) is 5.60. The monoisotopic (exact) mass is 198 g/mol. The van der Waals surface area contributed by atoms with E-state index in [-0.39, 0.29) is 10.3 Å². The number of halogens is 1. The summed E-state index contributed by atoms with van der Waals surface area (Å²) in [5.74, 6) is 0. The van der Waals surface area contributed by atoms with E-state index < -0.39 is 0 Å². The normalized spacial score (nSPS) is 18.6. The summed E-state index contributed by atoms with van der Waals surface area (Å²) < 4.78 is 0. The summed E-state index contributed by atoms with van der Waals surface area (Å²) in [6.45, 7) is 10.8. The van der Waals surface area contributed by atoms with Crippen LogP contribution in [0.1, 0.15) is 41.0 Å². The number of allylic oxidation sites excluding steroid dienone is 4. The van der Waals surface area contributed by atoms with Gasteiger partial charge in [-0.05, 0) is 27.2 Å². The third-order valence-electron chi connectivity index (χ3n) is 3.33. The molecule has 0 aromatic rings. The molecular formula is C12H19Cl. The number of hydrogen-bond donors (Lipinski definition) is 0. The standard InChI is InChI=1S/C12H19Cl/c1-9-6-7-10(8-9)11(2,3)12(4,5)13/h6,8H,7H2,1-5H3. The van der Waals surface area contributed by atoms with Crippen LogP contribution < -0.4 is 0 Å². The second kappa shape index (κ2) is 3.16. The summed E-state index contributed by atoms with van der Waals surface area (Å²) in [6, 6.07) is 0. The fourth-order valence-corrected chi connectivity index (χ4v) is 1.60. The molecule has 0 nitrogen and oxygen atoms in total. The average Bonchev–Trinajstić information content (AvgIpc) is 2.33. The maximum atomic E-state index is 6.39. The number of rotatable bonds is 2. The van der Waals surface area contributed by atoms with Crippen LogP contribution in [-0.2, 0) is 0 Å². The van der Waals surface area contributed by atoms with Gasteiger partial charge in [0.25, 0.3) is 0 Å². The maximum absolute atomic E-state index is 6.39. The second-order valence-corrected chi connectivity index (χ2v) is 5.86. The molecule has 0 N–H and O–H groups in total. The highest BCUT2D eigenvalue weighted by molar-refractivity contribution is 6.24. The molecular weight excluding hydrogens is 180 g/mol. The Balaban J connectivity index is 2.91. The van der Waals surface area contributed by atoms with Crippen molar-refractivity contribution in [3.05, 3.63) is 23.3 Å². The van der Waals surface area contributed by atoms with Crippen molar-refractivity contribution in [1.82, 2.24) is 0 Å². The SMILES string of the molecule is CC1=CCC(C(C)(C)C(C)(C)Cl)=C1. The Morgan fingerprint density at radius 2 is 1.77 bits per heavy atom. The molecule has 0 spiro atoms. The van der Waals surface area contributed by atoms with E-state index in [1.807, 2.05) is 0 Å². The van der Waals surface area contributed by atoms with Crippen LogP contribution in [0.2, 0.25) is 0 Å². The Bertz CT molecular complexity index is 261. The van der Waals surface area contributed by atoms with E-state index in [9.17, 15) is 0 Å². The molecule has 0 unspecified atom stereocenters. The minimum absolute atomic E-state index is 0.0722. The van der Waals surface area contributed by atoms with Crippen molar-refractivity contribution in [1.29, 1.82) is 0 Å². The zero-order chi connectivity index (χ0) is 10.3. The van der Waals surface area contributed by atoms with E-state index in [4.69, 9.17) is 11.6 Å². The zero-order valence-corrected chi connectivity index (χ0v) is 10.00. The van der Waals surface area contributed by atoms with Gasteiger partial charge in [-0.15, -0.1) is 11.6 Å². The quantitative estimate of drug-likeness (QED) is 0.581. The molecule has 1 rings (SSSR count). The lowest BCUT2D eigenvalue weighted by Gasteiger charge is -2.38. The van der Waals surface area contributed by atoms with Gasteiger partial charge >= 0.3 is 0 Å². The molecule has 0 radical (unpaired) electrons. The van der Waals surface area contributed by atoms with Crippen LogP contribution in [0.15, 0.2) is 23.3 Å². The van der Waals surface area contributed by atoms with Gasteiger partial charge in [0.15, 0.2) is 0 Å². The smallest absolute Gasteiger partial charge is 0.0478 e. The Morgan fingerprint density at radius 1 is 1.23 bits per heavy atom. The van der Waals surface area contributed by atoms with E-state index in [1.54, 1.807) is 0 Å². The molecule has 13 heavy (non-hydrogen) atoms. The van der Waals surface area contributed by atoms with E-state index in [0.29, 0.717) is 0 Å². The molecule has 0 bridgehead atoms. The fourth-order valence-electron chi connectivity index (χ4n) is 1.48. The Morgan fingerprint density at radius 3 is 2.08 bits per heavy atom. The summed E-state index contributed by atoms with van der Waals surface area (Å²) >= 11 is 6.39. The van der Waals surface area contributed by atoms with Crippen LogP contribution >= 0.6 is 11.6 Å².